The van der Waals surface area contributed by atoms with Gasteiger partial charge in [0.25, 0.3) is 5.69 Å². The molecule has 1 aromatic carbocycles. The van der Waals surface area contributed by atoms with Crippen LogP contribution < -0.4 is 5.32 Å². The summed E-state index contributed by atoms with van der Waals surface area (Å²) in [4.78, 5) is 32.8. The molecule has 0 saturated carbocycles. The first-order chi connectivity index (χ1) is 8.40. The molecule has 1 aromatic rings. The zero-order valence-electron chi connectivity index (χ0n) is 9.49. The quantitative estimate of drug-likeness (QED) is 0.617. The number of rotatable bonds is 4. The summed E-state index contributed by atoms with van der Waals surface area (Å²) in [6, 6.07) is 4.71. The van der Waals surface area contributed by atoms with Crippen LogP contribution in [-0.2, 0) is 4.79 Å². The van der Waals surface area contributed by atoms with Gasteiger partial charge >= 0.3 is 12.0 Å². The first-order valence-electron chi connectivity index (χ1n) is 4.88. The number of anilines is 1. The van der Waals surface area contributed by atoms with Gasteiger partial charge in [-0.1, -0.05) is 6.07 Å². The van der Waals surface area contributed by atoms with E-state index in [4.69, 9.17) is 5.11 Å². The number of nitrogens with zero attached hydrogens (tertiary/aromatic N) is 2. The number of hydrogen-bond acceptors (Lipinski definition) is 4. The van der Waals surface area contributed by atoms with Crippen molar-refractivity contribution in [3.05, 3.63) is 34.4 Å². The van der Waals surface area contributed by atoms with E-state index in [1.54, 1.807) is 0 Å². The van der Waals surface area contributed by atoms with Gasteiger partial charge in [0, 0.05) is 24.9 Å². The molecule has 0 atom stereocenters. The van der Waals surface area contributed by atoms with E-state index in [0.29, 0.717) is 0 Å². The summed E-state index contributed by atoms with van der Waals surface area (Å²) in [6.07, 6.45) is 0. The molecule has 0 fully saturated rings. The third-order valence-corrected chi connectivity index (χ3v) is 2.03. The molecule has 18 heavy (non-hydrogen) atoms. The standard InChI is InChI=1S/C10H11N3O5/c1-12(6-9(14)15)10(16)11-7-3-2-4-8(5-7)13(17)18/h2-5H,6H2,1H3,(H,11,16)(H,14,15). The second-order valence-electron chi connectivity index (χ2n) is 3.49. The number of carbonyl (C=O) groups is 2. The van der Waals surface area contributed by atoms with Crippen molar-refractivity contribution < 1.29 is 19.6 Å². The average Bonchev–Trinajstić information content (AvgIpc) is 2.28. The molecular formula is C10H11N3O5. The third kappa shape index (κ3) is 3.74. The number of aliphatic carboxylic acids is 1. The lowest BCUT2D eigenvalue weighted by atomic mass is 10.3. The number of carbonyl (C=O) groups excluding carboxylic acids is 1. The lowest BCUT2D eigenvalue weighted by Gasteiger charge is -2.15. The first kappa shape index (κ1) is 13.4. The molecule has 0 heterocycles. The highest BCUT2D eigenvalue weighted by atomic mass is 16.6. The van der Waals surface area contributed by atoms with Crippen molar-refractivity contribution in [3.63, 3.8) is 0 Å². The van der Waals surface area contributed by atoms with Crippen molar-refractivity contribution in [2.24, 2.45) is 0 Å². The van der Waals surface area contributed by atoms with E-state index in [1.165, 1.54) is 31.3 Å². The molecule has 0 aromatic heterocycles. The highest BCUT2D eigenvalue weighted by Gasteiger charge is 2.13. The Labute approximate surface area is 102 Å². The number of urea groups is 1. The van der Waals surface area contributed by atoms with Crippen LogP contribution in [0.1, 0.15) is 0 Å². The molecule has 0 unspecified atom stereocenters. The Hall–Kier alpha value is -2.64. The fraction of sp³-hybridized carbons (Fsp3) is 0.200. The molecule has 8 heteroatoms. The predicted octanol–water partition coefficient (Wildman–Crippen LogP) is 1.14. The minimum Gasteiger partial charge on any atom is -0.480 e. The van der Waals surface area contributed by atoms with Gasteiger partial charge in [0.05, 0.1) is 4.92 Å². The fourth-order valence-corrected chi connectivity index (χ4v) is 1.19. The molecule has 0 bridgehead atoms. The first-order valence-corrected chi connectivity index (χ1v) is 4.88. The van der Waals surface area contributed by atoms with E-state index < -0.39 is 23.5 Å². The van der Waals surface area contributed by atoms with Crippen LogP contribution in [0.4, 0.5) is 16.2 Å². The molecule has 0 aliphatic heterocycles. The molecule has 96 valence electrons. The van der Waals surface area contributed by atoms with E-state index in [9.17, 15) is 19.7 Å². The number of nitro benzene ring substituents is 1. The Morgan fingerprint density at radius 3 is 2.72 bits per heavy atom. The largest absolute Gasteiger partial charge is 0.480 e. The molecule has 0 spiro atoms. The van der Waals surface area contributed by atoms with Crippen LogP contribution in [0.3, 0.4) is 0 Å². The summed E-state index contributed by atoms with van der Waals surface area (Å²) in [5, 5.41) is 21.4. The zero-order valence-corrected chi connectivity index (χ0v) is 9.49. The van der Waals surface area contributed by atoms with Crippen molar-refractivity contribution in [1.29, 1.82) is 0 Å². The highest BCUT2D eigenvalue weighted by Crippen LogP contribution is 2.17. The van der Waals surface area contributed by atoms with Crippen LogP contribution in [0.5, 0.6) is 0 Å². The number of carboxylic acid groups (broad SMARTS) is 1. The Morgan fingerprint density at radius 1 is 1.50 bits per heavy atom. The smallest absolute Gasteiger partial charge is 0.323 e. The number of amides is 2. The summed E-state index contributed by atoms with van der Waals surface area (Å²) in [5.41, 5.74) is 0.0696. The number of nitro groups is 1. The van der Waals surface area contributed by atoms with Crippen LogP contribution >= 0.6 is 0 Å². The van der Waals surface area contributed by atoms with Gasteiger partial charge in [0.2, 0.25) is 0 Å². The van der Waals surface area contributed by atoms with E-state index in [-0.39, 0.29) is 11.4 Å². The monoisotopic (exact) mass is 253 g/mol. The van der Waals surface area contributed by atoms with E-state index in [2.05, 4.69) is 5.32 Å². The maximum Gasteiger partial charge on any atom is 0.323 e. The van der Waals surface area contributed by atoms with E-state index in [1.807, 2.05) is 0 Å². The van der Waals surface area contributed by atoms with Crippen molar-refractivity contribution in [1.82, 2.24) is 4.90 Å². The molecule has 2 amide bonds. The van der Waals surface area contributed by atoms with Crippen molar-refractivity contribution in [2.45, 2.75) is 0 Å². The molecular weight excluding hydrogens is 242 g/mol. The van der Waals surface area contributed by atoms with Gasteiger partial charge in [-0.25, -0.2) is 4.79 Å². The van der Waals surface area contributed by atoms with Crippen LogP contribution in [0.15, 0.2) is 24.3 Å². The van der Waals surface area contributed by atoms with Gasteiger partial charge in [-0.05, 0) is 6.07 Å². The van der Waals surface area contributed by atoms with Gasteiger partial charge in [0.15, 0.2) is 0 Å². The molecule has 1 rings (SSSR count). The van der Waals surface area contributed by atoms with Gasteiger partial charge < -0.3 is 15.3 Å². The summed E-state index contributed by atoms with van der Waals surface area (Å²) in [5.74, 6) is -1.15. The maximum absolute atomic E-state index is 11.5. The van der Waals surface area contributed by atoms with Gasteiger partial charge in [-0.2, -0.15) is 0 Å². The Morgan fingerprint density at radius 2 is 2.17 bits per heavy atom. The van der Waals surface area contributed by atoms with Gasteiger partial charge in [0.1, 0.15) is 6.54 Å². The zero-order chi connectivity index (χ0) is 13.7. The van der Waals surface area contributed by atoms with Crippen LogP contribution in [0, 0.1) is 10.1 Å². The van der Waals surface area contributed by atoms with Crippen LogP contribution in [0.25, 0.3) is 0 Å². The number of nitrogens with one attached hydrogen (secondary N) is 1. The summed E-state index contributed by atoms with van der Waals surface area (Å²) in [7, 11) is 1.31. The summed E-state index contributed by atoms with van der Waals surface area (Å²) >= 11 is 0. The number of hydrogen-bond donors (Lipinski definition) is 2. The second-order valence-corrected chi connectivity index (χ2v) is 3.49. The van der Waals surface area contributed by atoms with Crippen molar-refractivity contribution >= 4 is 23.4 Å². The average molecular weight is 253 g/mol. The van der Waals surface area contributed by atoms with Crippen LogP contribution in [0.2, 0.25) is 0 Å². The normalized spacial score (nSPS) is 9.61. The molecule has 0 aliphatic carbocycles. The van der Waals surface area contributed by atoms with Crippen LogP contribution in [-0.4, -0.2) is 40.5 Å². The molecule has 0 saturated heterocycles. The molecule has 2 N–H and O–H groups in total. The lowest BCUT2D eigenvalue weighted by molar-refractivity contribution is -0.384. The number of carboxylic acids is 1. The van der Waals surface area contributed by atoms with Gasteiger partial charge in [-0.3, -0.25) is 14.9 Å². The summed E-state index contributed by atoms with van der Waals surface area (Å²) in [6.45, 7) is -0.458. The number of benzene rings is 1. The number of non-ortho nitro benzene ring substituents is 1. The van der Waals surface area contributed by atoms with Crippen molar-refractivity contribution in [3.8, 4) is 0 Å². The summed E-state index contributed by atoms with van der Waals surface area (Å²) < 4.78 is 0. The fourth-order valence-electron chi connectivity index (χ4n) is 1.19. The molecule has 0 aliphatic rings. The Kier molecular flexibility index (Phi) is 4.19. The van der Waals surface area contributed by atoms with E-state index >= 15 is 0 Å². The second kappa shape index (κ2) is 5.62. The van der Waals surface area contributed by atoms with Crippen molar-refractivity contribution in [2.75, 3.05) is 18.9 Å². The molecule has 8 nitrogen and oxygen atoms in total. The Balaban J connectivity index is 2.72. The molecule has 0 radical (unpaired) electrons. The maximum atomic E-state index is 11.5. The topological polar surface area (TPSA) is 113 Å². The third-order valence-electron chi connectivity index (χ3n) is 2.03. The SMILES string of the molecule is CN(CC(=O)O)C(=O)Nc1cccc([N+](=O)[O-])c1. The highest BCUT2D eigenvalue weighted by molar-refractivity contribution is 5.91. The van der Waals surface area contributed by atoms with E-state index in [0.717, 1.165) is 4.90 Å². The minimum absolute atomic E-state index is 0.159. The van der Waals surface area contributed by atoms with Gasteiger partial charge in [-0.15, -0.1) is 0 Å². The predicted molar refractivity (Wildman–Crippen MR) is 62.4 cm³/mol. The minimum atomic E-state index is -1.15. The lowest BCUT2D eigenvalue weighted by Crippen LogP contribution is -2.35. The number of likely N-dealkylation sites (N-methyl/N-ethyl adjacent to an activating group) is 1. The Bertz CT molecular complexity index is 488.